The highest BCUT2D eigenvalue weighted by Gasteiger charge is 2.29. The zero-order chi connectivity index (χ0) is 14.6. The number of anilines is 1. The molecule has 2 rings (SSSR count). The lowest BCUT2D eigenvalue weighted by atomic mass is 10.3. The lowest BCUT2D eigenvalue weighted by molar-refractivity contribution is -0.115. The summed E-state index contributed by atoms with van der Waals surface area (Å²) >= 11 is 0. The van der Waals surface area contributed by atoms with Crippen LogP contribution in [0.3, 0.4) is 0 Å². The van der Waals surface area contributed by atoms with Crippen LogP contribution in [0.25, 0.3) is 0 Å². The third-order valence-corrected chi connectivity index (χ3v) is 5.02. The second-order valence-corrected chi connectivity index (χ2v) is 6.62. The Morgan fingerprint density at radius 2 is 1.45 bits per heavy atom. The predicted molar refractivity (Wildman–Crippen MR) is 78.2 cm³/mol. The van der Waals surface area contributed by atoms with Gasteiger partial charge in [-0.1, -0.05) is 36.4 Å². The van der Waals surface area contributed by atoms with E-state index < -0.39 is 21.0 Å². The lowest BCUT2D eigenvalue weighted by Gasteiger charge is -2.13. The van der Waals surface area contributed by atoms with E-state index in [0.717, 1.165) is 0 Å². The summed E-state index contributed by atoms with van der Waals surface area (Å²) < 4.78 is 24.6. The summed E-state index contributed by atoms with van der Waals surface area (Å²) in [6.45, 7) is 1.39. The molecule has 0 fully saturated rings. The number of carbonyl (C=O) groups is 1. The summed E-state index contributed by atoms with van der Waals surface area (Å²) in [6.07, 6.45) is 0. The van der Waals surface area contributed by atoms with Gasteiger partial charge in [-0.25, -0.2) is 8.42 Å². The van der Waals surface area contributed by atoms with Gasteiger partial charge >= 0.3 is 0 Å². The van der Waals surface area contributed by atoms with E-state index in [4.69, 9.17) is 0 Å². The molecule has 4 nitrogen and oxygen atoms in total. The van der Waals surface area contributed by atoms with Crippen LogP contribution in [0, 0.1) is 0 Å². The molecule has 0 bridgehead atoms. The monoisotopic (exact) mass is 289 g/mol. The van der Waals surface area contributed by atoms with Gasteiger partial charge in [0.2, 0.25) is 5.91 Å². The molecule has 104 valence electrons. The second kappa shape index (κ2) is 5.88. The zero-order valence-electron chi connectivity index (χ0n) is 11.0. The van der Waals surface area contributed by atoms with E-state index in [1.54, 1.807) is 42.5 Å². The molecule has 0 radical (unpaired) electrons. The van der Waals surface area contributed by atoms with E-state index in [9.17, 15) is 13.2 Å². The van der Waals surface area contributed by atoms with Gasteiger partial charge in [0.15, 0.2) is 9.84 Å². The van der Waals surface area contributed by atoms with Gasteiger partial charge in [0.25, 0.3) is 0 Å². The van der Waals surface area contributed by atoms with E-state index in [0.29, 0.717) is 5.69 Å². The molecule has 0 spiro atoms. The molecule has 0 aliphatic heterocycles. The summed E-state index contributed by atoms with van der Waals surface area (Å²) in [6, 6.07) is 16.7. The molecular weight excluding hydrogens is 274 g/mol. The van der Waals surface area contributed by atoms with Gasteiger partial charge in [0, 0.05) is 5.69 Å². The highest BCUT2D eigenvalue weighted by atomic mass is 32.2. The molecule has 0 heterocycles. The van der Waals surface area contributed by atoms with E-state index in [1.807, 2.05) is 6.07 Å². The molecule has 1 unspecified atom stereocenters. The van der Waals surface area contributed by atoms with Gasteiger partial charge in [-0.3, -0.25) is 4.79 Å². The summed E-state index contributed by atoms with van der Waals surface area (Å²) in [4.78, 5) is 12.2. The lowest BCUT2D eigenvalue weighted by Crippen LogP contribution is -2.32. The average molecular weight is 289 g/mol. The minimum Gasteiger partial charge on any atom is -0.325 e. The molecule has 20 heavy (non-hydrogen) atoms. The maximum absolute atomic E-state index is 12.3. The number of hydrogen-bond acceptors (Lipinski definition) is 3. The first-order valence-corrected chi connectivity index (χ1v) is 7.71. The van der Waals surface area contributed by atoms with Crippen LogP contribution in [-0.4, -0.2) is 19.6 Å². The first kappa shape index (κ1) is 14.3. The maximum Gasteiger partial charge on any atom is 0.242 e. The Balaban J connectivity index is 2.19. The molecule has 5 heteroatoms. The van der Waals surface area contributed by atoms with Crippen molar-refractivity contribution in [2.75, 3.05) is 5.32 Å². The number of benzene rings is 2. The molecular formula is C15H15NO3S. The standard InChI is InChI=1S/C15H15NO3S/c1-12(15(17)16-13-8-4-2-5-9-13)20(18,19)14-10-6-3-7-11-14/h2-12H,1H3,(H,16,17). The first-order chi connectivity index (χ1) is 9.51. The van der Waals surface area contributed by atoms with Crippen molar-refractivity contribution in [1.29, 1.82) is 0 Å². The molecule has 2 aromatic carbocycles. The quantitative estimate of drug-likeness (QED) is 0.940. The largest absolute Gasteiger partial charge is 0.325 e. The van der Waals surface area contributed by atoms with Crippen LogP contribution in [0.5, 0.6) is 0 Å². The van der Waals surface area contributed by atoms with E-state index in [2.05, 4.69) is 5.32 Å². The summed E-state index contributed by atoms with van der Waals surface area (Å²) in [7, 11) is -3.67. The Labute approximate surface area is 118 Å². The second-order valence-electron chi connectivity index (χ2n) is 4.36. The van der Waals surface area contributed by atoms with Crippen molar-refractivity contribution in [1.82, 2.24) is 0 Å². The van der Waals surface area contributed by atoms with Crippen molar-refractivity contribution in [3.63, 3.8) is 0 Å². The number of sulfone groups is 1. The fraction of sp³-hybridized carbons (Fsp3) is 0.133. The van der Waals surface area contributed by atoms with E-state index in [-0.39, 0.29) is 4.90 Å². The minimum atomic E-state index is -3.67. The van der Waals surface area contributed by atoms with Crippen LogP contribution in [0.2, 0.25) is 0 Å². The van der Waals surface area contributed by atoms with Gasteiger partial charge in [0.1, 0.15) is 5.25 Å². The van der Waals surface area contributed by atoms with E-state index in [1.165, 1.54) is 19.1 Å². The number of hydrogen-bond donors (Lipinski definition) is 1. The zero-order valence-corrected chi connectivity index (χ0v) is 11.8. The molecule has 1 N–H and O–H groups in total. The topological polar surface area (TPSA) is 63.2 Å². The van der Waals surface area contributed by atoms with Gasteiger partial charge in [-0.15, -0.1) is 0 Å². The van der Waals surface area contributed by atoms with Crippen LogP contribution in [-0.2, 0) is 14.6 Å². The van der Waals surface area contributed by atoms with Crippen molar-refractivity contribution < 1.29 is 13.2 Å². The van der Waals surface area contributed by atoms with Crippen LogP contribution < -0.4 is 5.32 Å². The molecule has 0 aromatic heterocycles. The normalized spacial score (nSPS) is 12.7. The van der Waals surface area contributed by atoms with Crippen LogP contribution in [0.1, 0.15) is 6.92 Å². The van der Waals surface area contributed by atoms with Crippen molar-refractivity contribution >= 4 is 21.4 Å². The number of amides is 1. The van der Waals surface area contributed by atoms with Crippen LogP contribution >= 0.6 is 0 Å². The van der Waals surface area contributed by atoms with Crippen LogP contribution in [0.15, 0.2) is 65.6 Å². The Kier molecular flexibility index (Phi) is 4.20. The third-order valence-electron chi connectivity index (χ3n) is 2.95. The summed E-state index contributed by atoms with van der Waals surface area (Å²) in [5.74, 6) is -0.542. The van der Waals surface area contributed by atoms with Crippen molar-refractivity contribution in [2.24, 2.45) is 0 Å². The predicted octanol–water partition coefficient (Wildman–Crippen LogP) is 2.49. The fourth-order valence-electron chi connectivity index (χ4n) is 1.72. The number of carbonyl (C=O) groups excluding carboxylic acids is 1. The minimum absolute atomic E-state index is 0.149. The molecule has 0 saturated carbocycles. The molecule has 0 aliphatic carbocycles. The Hall–Kier alpha value is -2.14. The van der Waals surface area contributed by atoms with Crippen molar-refractivity contribution in [3.05, 3.63) is 60.7 Å². The van der Waals surface area contributed by atoms with Gasteiger partial charge in [-0.2, -0.15) is 0 Å². The molecule has 0 aliphatic rings. The number of rotatable bonds is 4. The van der Waals surface area contributed by atoms with E-state index >= 15 is 0 Å². The molecule has 2 aromatic rings. The number of nitrogens with one attached hydrogen (secondary N) is 1. The maximum atomic E-state index is 12.3. The highest BCUT2D eigenvalue weighted by molar-refractivity contribution is 7.92. The number of para-hydroxylation sites is 1. The highest BCUT2D eigenvalue weighted by Crippen LogP contribution is 2.17. The average Bonchev–Trinajstić information content (AvgIpc) is 2.48. The summed E-state index contributed by atoms with van der Waals surface area (Å²) in [5, 5.41) is 1.45. The van der Waals surface area contributed by atoms with Gasteiger partial charge in [-0.05, 0) is 31.2 Å². The van der Waals surface area contributed by atoms with Crippen molar-refractivity contribution in [2.45, 2.75) is 17.1 Å². The third kappa shape index (κ3) is 3.05. The molecule has 1 atom stereocenters. The smallest absolute Gasteiger partial charge is 0.242 e. The first-order valence-electron chi connectivity index (χ1n) is 6.16. The Morgan fingerprint density at radius 1 is 0.950 bits per heavy atom. The molecule has 1 amide bonds. The molecule has 0 saturated heterocycles. The van der Waals surface area contributed by atoms with Crippen LogP contribution in [0.4, 0.5) is 5.69 Å². The Morgan fingerprint density at radius 3 is 2.00 bits per heavy atom. The van der Waals surface area contributed by atoms with Gasteiger partial charge < -0.3 is 5.32 Å². The van der Waals surface area contributed by atoms with Gasteiger partial charge in [0.05, 0.1) is 4.90 Å². The summed E-state index contributed by atoms with van der Waals surface area (Å²) in [5.41, 5.74) is 0.576. The van der Waals surface area contributed by atoms with Crippen molar-refractivity contribution in [3.8, 4) is 0 Å². The SMILES string of the molecule is CC(C(=O)Nc1ccccc1)S(=O)(=O)c1ccccc1. The Bertz CT molecular complexity index is 682. The fourth-order valence-corrected chi connectivity index (χ4v) is 3.01.